The lowest BCUT2D eigenvalue weighted by Crippen LogP contribution is -2.30. The number of unbranched alkanes of at least 4 members (excludes halogenated alkanes) is 38. The molecule has 0 rings (SSSR count). The molecule has 446 valence electrons. The number of carbonyl (C=O) groups is 3. The molecule has 0 aromatic carbocycles. The van der Waals surface area contributed by atoms with Crippen molar-refractivity contribution in [2.24, 2.45) is 0 Å². The highest BCUT2D eigenvalue weighted by Gasteiger charge is 2.19. The van der Waals surface area contributed by atoms with Crippen LogP contribution in [-0.2, 0) is 28.6 Å². The largest absolute Gasteiger partial charge is 0.462 e. The van der Waals surface area contributed by atoms with Crippen LogP contribution in [0.4, 0.5) is 0 Å². The highest BCUT2D eigenvalue weighted by atomic mass is 16.6. The van der Waals surface area contributed by atoms with Gasteiger partial charge in [-0.05, 0) is 89.9 Å². The van der Waals surface area contributed by atoms with E-state index in [2.05, 4.69) is 93.7 Å². The van der Waals surface area contributed by atoms with Gasteiger partial charge in [0.05, 0.1) is 0 Å². The SMILES string of the molecule is CC/C=C\C/C=C\C/C=C\C/C=C\C/C=C\CCCCCCCCCCCCCCCCCCCC(=O)OCC(COC(=O)CCCCCCCCCCCCCCC)OC(=O)CCCCCCC/C=C\CCCCCC. The summed E-state index contributed by atoms with van der Waals surface area (Å²) in [6.45, 7) is 6.54. The summed E-state index contributed by atoms with van der Waals surface area (Å²) in [5.74, 6) is -0.863. The predicted molar refractivity (Wildman–Crippen MR) is 335 cm³/mol. The maximum Gasteiger partial charge on any atom is 0.306 e. The first-order valence-electron chi connectivity index (χ1n) is 33.4. The van der Waals surface area contributed by atoms with Crippen molar-refractivity contribution < 1.29 is 28.6 Å². The van der Waals surface area contributed by atoms with Gasteiger partial charge in [0.2, 0.25) is 0 Å². The van der Waals surface area contributed by atoms with E-state index in [1.165, 1.54) is 205 Å². The van der Waals surface area contributed by atoms with Gasteiger partial charge >= 0.3 is 17.9 Å². The van der Waals surface area contributed by atoms with Gasteiger partial charge in [0.1, 0.15) is 13.2 Å². The summed E-state index contributed by atoms with van der Waals surface area (Å²) in [4.78, 5) is 38.2. The second-order valence-electron chi connectivity index (χ2n) is 22.4. The van der Waals surface area contributed by atoms with E-state index in [4.69, 9.17) is 14.2 Å². The molecule has 0 aliphatic rings. The molecule has 0 saturated heterocycles. The Balaban J connectivity index is 4.10. The molecule has 0 heterocycles. The number of allylic oxidation sites excluding steroid dienone is 12. The summed E-state index contributed by atoms with van der Waals surface area (Å²) in [5.41, 5.74) is 0. The number of rotatable bonds is 61. The molecule has 77 heavy (non-hydrogen) atoms. The Labute approximate surface area is 478 Å². The number of esters is 3. The maximum absolute atomic E-state index is 12.9. The Morgan fingerprint density at radius 3 is 0.818 bits per heavy atom. The molecule has 0 radical (unpaired) electrons. The Kier molecular flexibility index (Phi) is 62.7. The normalized spacial score (nSPS) is 12.5. The topological polar surface area (TPSA) is 78.9 Å². The average Bonchev–Trinajstić information content (AvgIpc) is 3.43. The van der Waals surface area contributed by atoms with E-state index < -0.39 is 6.10 Å². The molecule has 0 aromatic heterocycles. The fourth-order valence-corrected chi connectivity index (χ4v) is 9.70. The fourth-order valence-electron chi connectivity index (χ4n) is 9.70. The Morgan fingerprint density at radius 2 is 0.506 bits per heavy atom. The van der Waals surface area contributed by atoms with Gasteiger partial charge in [-0.15, -0.1) is 0 Å². The van der Waals surface area contributed by atoms with E-state index in [0.29, 0.717) is 19.3 Å². The van der Waals surface area contributed by atoms with Crippen LogP contribution in [0.2, 0.25) is 0 Å². The third-order valence-electron chi connectivity index (χ3n) is 14.7. The average molecular weight is 1080 g/mol. The zero-order valence-corrected chi connectivity index (χ0v) is 51.2. The second kappa shape index (κ2) is 65.4. The van der Waals surface area contributed by atoms with Gasteiger partial charge in [-0.25, -0.2) is 0 Å². The van der Waals surface area contributed by atoms with Crippen molar-refractivity contribution in [3.63, 3.8) is 0 Å². The number of ether oxygens (including phenoxy) is 3. The minimum atomic E-state index is -0.775. The summed E-state index contributed by atoms with van der Waals surface area (Å²) in [6, 6.07) is 0. The molecule has 0 amide bonds. The number of hydrogen-bond donors (Lipinski definition) is 0. The molecule has 0 spiro atoms. The second-order valence-corrected chi connectivity index (χ2v) is 22.4. The molecular formula is C71H126O6. The van der Waals surface area contributed by atoms with Crippen molar-refractivity contribution >= 4 is 17.9 Å². The van der Waals surface area contributed by atoms with Gasteiger partial charge in [-0.2, -0.15) is 0 Å². The van der Waals surface area contributed by atoms with Gasteiger partial charge in [-0.3, -0.25) is 14.4 Å². The van der Waals surface area contributed by atoms with Gasteiger partial charge in [0.15, 0.2) is 6.10 Å². The minimum absolute atomic E-state index is 0.0727. The molecule has 0 aromatic rings. The highest BCUT2D eigenvalue weighted by molar-refractivity contribution is 5.71. The summed E-state index contributed by atoms with van der Waals surface area (Å²) < 4.78 is 16.9. The van der Waals surface area contributed by atoms with Crippen molar-refractivity contribution in [3.8, 4) is 0 Å². The van der Waals surface area contributed by atoms with Crippen LogP contribution in [0.3, 0.4) is 0 Å². The minimum Gasteiger partial charge on any atom is -0.462 e. The van der Waals surface area contributed by atoms with Crippen molar-refractivity contribution in [3.05, 3.63) is 72.9 Å². The first-order chi connectivity index (χ1) is 38.0. The summed E-state index contributed by atoms with van der Waals surface area (Å²) in [7, 11) is 0. The van der Waals surface area contributed by atoms with E-state index in [1.807, 2.05) is 0 Å². The molecule has 6 heteroatoms. The van der Waals surface area contributed by atoms with E-state index in [-0.39, 0.29) is 31.1 Å². The van der Waals surface area contributed by atoms with E-state index >= 15 is 0 Å². The summed E-state index contributed by atoms with van der Waals surface area (Å²) in [5, 5.41) is 0. The molecular weight excluding hydrogens is 949 g/mol. The quantitative estimate of drug-likeness (QED) is 0.0261. The van der Waals surface area contributed by atoms with E-state index in [9.17, 15) is 14.4 Å². The number of hydrogen-bond acceptors (Lipinski definition) is 6. The lowest BCUT2D eigenvalue weighted by molar-refractivity contribution is -0.167. The van der Waals surface area contributed by atoms with Gasteiger partial charge < -0.3 is 14.2 Å². The summed E-state index contributed by atoms with van der Waals surface area (Å²) >= 11 is 0. The predicted octanol–water partition coefficient (Wildman–Crippen LogP) is 22.9. The van der Waals surface area contributed by atoms with Crippen molar-refractivity contribution in [2.75, 3.05) is 13.2 Å². The Bertz CT molecular complexity index is 1420. The monoisotopic (exact) mass is 1070 g/mol. The molecule has 0 aliphatic heterocycles. The molecule has 0 saturated carbocycles. The van der Waals surface area contributed by atoms with Crippen molar-refractivity contribution in [2.45, 2.75) is 348 Å². The lowest BCUT2D eigenvalue weighted by Gasteiger charge is -2.18. The van der Waals surface area contributed by atoms with Crippen LogP contribution in [0, 0.1) is 0 Å². The third kappa shape index (κ3) is 63.6. The van der Waals surface area contributed by atoms with Gasteiger partial charge in [0, 0.05) is 19.3 Å². The molecule has 0 bridgehead atoms. The number of carbonyl (C=O) groups excluding carboxylic acids is 3. The molecule has 0 aliphatic carbocycles. The molecule has 1 unspecified atom stereocenters. The van der Waals surface area contributed by atoms with Crippen molar-refractivity contribution in [1.82, 2.24) is 0 Å². The molecule has 6 nitrogen and oxygen atoms in total. The smallest absolute Gasteiger partial charge is 0.306 e. The Morgan fingerprint density at radius 1 is 0.273 bits per heavy atom. The van der Waals surface area contributed by atoms with Crippen LogP contribution in [0.25, 0.3) is 0 Å². The zero-order chi connectivity index (χ0) is 55.7. The van der Waals surface area contributed by atoms with Crippen LogP contribution in [0.5, 0.6) is 0 Å². The van der Waals surface area contributed by atoms with Crippen LogP contribution >= 0.6 is 0 Å². The van der Waals surface area contributed by atoms with Crippen LogP contribution in [-0.4, -0.2) is 37.2 Å². The first-order valence-corrected chi connectivity index (χ1v) is 33.4. The van der Waals surface area contributed by atoms with Crippen LogP contribution < -0.4 is 0 Å². The molecule has 1 atom stereocenters. The maximum atomic E-state index is 12.9. The van der Waals surface area contributed by atoms with Crippen molar-refractivity contribution in [1.29, 1.82) is 0 Å². The van der Waals surface area contributed by atoms with Crippen LogP contribution in [0.15, 0.2) is 72.9 Å². The van der Waals surface area contributed by atoms with Crippen LogP contribution in [0.1, 0.15) is 342 Å². The molecule has 0 N–H and O–H groups in total. The molecule has 0 fully saturated rings. The fraction of sp³-hybridized carbons (Fsp3) is 0.789. The van der Waals surface area contributed by atoms with Gasteiger partial charge in [-0.1, -0.05) is 306 Å². The summed E-state index contributed by atoms with van der Waals surface area (Å²) in [6.07, 6.45) is 85.0. The van der Waals surface area contributed by atoms with E-state index in [0.717, 1.165) is 96.3 Å². The van der Waals surface area contributed by atoms with Gasteiger partial charge in [0.25, 0.3) is 0 Å². The third-order valence-corrected chi connectivity index (χ3v) is 14.7. The highest BCUT2D eigenvalue weighted by Crippen LogP contribution is 2.17. The lowest BCUT2D eigenvalue weighted by atomic mass is 10.0. The standard InChI is InChI=1S/C71H126O6/c1-4-7-10-13-16-19-22-25-26-27-28-29-30-31-32-33-34-35-36-37-38-39-40-41-42-43-44-47-49-52-55-58-61-64-70(73)76-67-68(77-71(74)65-62-59-56-53-50-46-24-21-18-15-12-9-6-3)66-75-69(72)63-60-57-54-51-48-45-23-20-17-14-11-8-5-2/h7,10,16,19,21,24-26,28-29,31-32,68H,4-6,8-9,11-15,17-18,20,22-23,27,30,33-67H2,1-3H3/b10-7-,19-16-,24-21-,26-25-,29-28-,32-31-. The first kappa shape index (κ1) is 73.8. The van der Waals surface area contributed by atoms with E-state index in [1.54, 1.807) is 0 Å². The zero-order valence-electron chi connectivity index (χ0n) is 51.2. The Hall–Kier alpha value is -3.15.